The molecule has 2 N–H and O–H groups in total. The Hall–Kier alpha value is -3.18. The van der Waals surface area contributed by atoms with E-state index in [9.17, 15) is 9.59 Å². The summed E-state index contributed by atoms with van der Waals surface area (Å²) in [6.07, 6.45) is 1.76. The van der Waals surface area contributed by atoms with Gasteiger partial charge in [-0.1, -0.05) is 35.6 Å². The molecule has 1 aliphatic heterocycles. The number of rotatable bonds is 5. The van der Waals surface area contributed by atoms with Crippen molar-refractivity contribution in [3.8, 4) is 11.8 Å². The molecule has 2 aromatic carbocycles. The smallest absolute Gasteiger partial charge is 0.276 e. The number of fused-ring (bicyclic) bond motifs is 1. The molecule has 34 heavy (non-hydrogen) atoms. The van der Waals surface area contributed by atoms with Crippen molar-refractivity contribution in [2.45, 2.75) is 25.3 Å². The number of amides is 1. The first-order chi connectivity index (χ1) is 16.4. The predicted octanol–water partition coefficient (Wildman–Crippen LogP) is 3.31. The van der Waals surface area contributed by atoms with Crippen LogP contribution in [0.25, 0.3) is 10.9 Å². The number of nitrogens with zero attached hydrogens (tertiary/aromatic N) is 2. The van der Waals surface area contributed by atoms with Crippen molar-refractivity contribution in [1.82, 2.24) is 20.4 Å². The molecule has 1 aliphatic rings. The van der Waals surface area contributed by atoms with Crippen LogP contribution in [0.4, 0.5) is 0 Å². The van der Waals surface area contributed by atoms with E-state index in [0.29, 0.717) is 41.2 Å². The van der Waals surface area contributed by atoms with Crippen LogP contribution in [0.1, 0.15) is 45.9 Å². The first-order valence-electron chi connectivity index (χ1n) is 11.2. The summed E-state index contributed by atoms with van der Waals surface area (Å²) in [7, 11) is 3.90. The second kappa shape index (κ2) is 10.8. The van der Waals surface area contributed by atoms with E-state index >= 15 is 0 Å². The van der Waals surface area contributed by atoms with Gasteiger partial charge in [0.25, 0.3) is 5.91 Å². The molecule has 0 radical (unpaired) electrons. The molecule has 1 fully saturated rings. The van der Waals surface area contributed by atoms with Crippen molar-refractivity contribution < 1.29 is 9.53 Å². The molecule has 1 aromatic heterocycles. The van der Waals surface area contributed by atoms with Gasteiger partial charge in [0.1, 0.15) is 0 Å². The van der Waals surface area contributed by atoms with Gasteiger partial charge in [0.2, 0.25) is 5.43 Å². The van der Waals surface area contributed by atoms with Gasteiger partial charge >= 0.3 is 0 Å². The number of carbonyl (C=O) groups excluding carboxylic acids is 1. The molecule has 0 aliphatic carbocycles. The number of nitrogens with one attached hydrogen (secondary N) is 2. The molecule has 1 saturated heterocycles. The van der Waals surface area contributed by atoms with Crippen LogP contribution in [0.15, 0.2) is 41.2 Å². The number of aromatic amines is 1. The third-order valence-corrected chi connectivity index (χ3v) is 6.04. The minimum absolute atomic E-state index is 0.169. The lowest BCUT2D eigenvalue weighted by Crippen LogP contribution is -2.30. The molecule has 0 saturated carbocycles. The fourth-order valence-corrected chi connectivity index (χ4v) is 4.06. The van der Waals surface area contributed by atoms with Gasteiger partial charge in [-0.25, -0.2) is 0 Å². The minimum atomic E-state index is -0.533. The van der Waals surface area contributed by atoms with Crippen molar-refractivity contribution in [3.63, 3.8) is 0 Å². The monoisotopic (exact) mass is 478 g/mol. The van der Waals surface area contributed by atoms with Crippen molar-refractivity contribution in [2.75, 3.05) is 33.9 Å². The van der Waals surface area contributed by atoms with Crippen LogP contribution < -0.4 is 10.7 Å². The zero-order chi connectivity index (χ0) is 24.1. The average Bonchev–Trinajstić information content (AvgIpc) is 2.84. The van der Waals surface area contributed by atoms with Gasteiger partial charge in [-0.2, -0.15) is 5.10 Å². The average molecular weight is 479 g/mol. The predicted molar refractivity (Wildman–Crippen MR) is 133 cm³/mol. The summed E-state index contributed by atoms with van der Waals surface area (Å²) in [6, 6.07) is 11.0. The summed E-state index contributed by atoms with van der Waals surface area (Å²) >= 11 is 5.91. The number of ether oxygens (including phenoxy) is 1. The summed E-state index contributed by atoms with van der Waals surface area (Å²) < 4.78 is 5.50. The second-order valence-electron chi connectivity index (χ2n) is 8.63. The molecule has 3 aromatic rings. The van der Waals surface area contributed by atoms with Gasteiger partial charge in [-0.15, -0.1) is 0 Å². The standard InChI is InChI=1S/C26H27ClN4O3/c1-31(2)11-3-4-19-14-20(18-9-12-34-13-10-18)15-22-23(19)29-30-24(25(22)32)26(33)28-16-17-5-7-21(27)8-6-17/h5-8,14-15,18H,9-13,16H2,1-2H3,(H,28,33)(H,29,32). The molecule has 7 nitrogen and oxygen atoms in total. The van der Waals surface area contributed by atoms with E-state index in [1.165, 1.54) is 0 Å². The topological polar surface area (TPSA) is 87.3 Å². The maximum atomic E-state index is 13.4. The van der Waals surface area contributed by atoms with E-state index in [1.807, 2.05) is 43.3 Å². The number of benzene rings is 2. The number of hydrogen-bond donors (Lipinski definition) is 2. The minimum Gasteiger partial charge on any atom is -0.381 e. The number of aromatic nitrogens is 2. The van der Waals surface area contributed by atoms with Gasteiger partial charge in [-0.3, -0.25) is 19.6 Å². The summed E-state index contributed by atoms with van der Waals surface area (Å²) in [6.45, 7) is 2.23. The number of carbonyl (C=O) groups is 1. The number of halogens is 1. The quantitative estimate of drug-likeness (QED) is 0.549. The zero-order valence-corrected chi connectivity index (χ0v) is 20.0. The molecule has 8 heteroatoms. The van der Waals surface area contributed by atoms with Crippen molar-refractivity contribution in [1.29, 1.82) is 0 Å². The molecule has 176 valence electrons. The lowest BCUT2D eigenvalue weighted by molar-refractivity contribution is 0.0853. The highest BCUT2D eigenvalue weighted by molar-refractivity contribution is 6.30. The highest BCUT2D eigenvalue weighted by atomic mass is 35.5. The van der Waals surface area contributed by atoms with E-state index in [1.54, 1.807) is 12.1 Å². The van der Waals surface area contributed by atoms with E-state index in [0.717, 1.165) is 24.0 Å². The maximum absolute atomic E-state index is 13.4. The zero-order valence-electron chi connectivity index (χ0n) is 19.3. The second-order valence-corrected chi connectivity index (χ2v) is 9.06. The van der Waals surface area contributed by atoms with Crippen LogP contribution in [-0.2, 0) is 11.3 Å². The Morgan fingerprint density at radius 2 is 1.97 bits per heavy atom. The first kappa shape index (κ1) is 24.0. The summed E-state index contributed by atoms with van der Waals surface area (Å²) in [4.78, 5) is 28.1. The Kier molecular flexibility index (Phi) is 7.63. The Balaban J connectivity index is 1.69. The van der Waals surface area contributed by atoms with Crippen molar-refractivity contribution in [2.24, 2.45) is 0 Å². The van der Waals surface area contributed by atoms with Gasteiger partial charge < -0.3 is 10.1 Å². The van der Waals surface area contributed by atoms with Crippen LogP contribution in [0.2, 0.25) is 5.02 Å². The lowest BCUT2D eigenvalue weighted by atomic mass is 9.89. The Morgan fingerprint density at radius 3 is 2.68 bits per heavy atom. The van der Waals surface area contributed by atoms with Crippen molar-refractivity contribution in [3.05, 3.63) is 74.0 Å². The molecule has 0 spiro atoms. The SMILES string of the molecule is CN(C)CC#Cc1cc(C2CCOCC2)cc2c(=O)c(C(=O)NCc3ccc(Cl)cc3)n[nH]c12. The largest absolute Gasteiger partial charge is 0.381 e. The van der Waals surface area contributed by atoms with Crippen LogP contribution in [0.3, 0.4) is 0 Å². The number of hydrogen-bond acceptors (Lipinski definition) is 5. The highest BCUT2D eigenvalue weighted by Crippen LogP contribution is 2.29. The van der Waals surface area contributed by atoms with Crippen molar-refractivity contribution >= 4 is 28.4 Å². The molecular weight excluding hydrogens is 452 g/mol. The fraction of sp³-hybridized carbons (Fsp3) is 0.346. The van der Waals surface area contributed by atoms with Crippen LogP contribution in [0, 0.1) is 11.8 Å². The van der Waals surface area contributed by atoms with Crippen LogP contribution >= 0.6 is 11.6 Å². The lowest BCUT2D eigenvalue weighted by Gasteiger charge is -2.23. The fourth-order valence-electron chi connectivity index (χ4n) is 3.93. The van der Waals surface area contributed by atoms with Gasteiger partial charge in [0, 0.05) is 24.8 Å². The Morgan fingerprint density at radius 1 is 1.24 bits per heavy atom. The molecule has 0 bridgehead atoms. The van der Waals surface area contributed by atoms with E-state index < -0.39 is 11.3 Å². The van der Waals surface area contributed by atoms with Gasteiger partial charge in [0.05, 0.1) is 23.0 Å². The highest BCUT2D eigenvalue weighted by Gasteiger charge is 2.21. The Bertz CT molecular complexity index is 1300. The van der Waals surface area contributed by atoms with E-state index in [-0.39, 0.29) is 18.2 Å². The molecular formula is C26H27ClN4O3. The number of H-pyrrole nitrogens is 1. The van der Waals surface area contributed by atoms with Gasteiger partial charge in [0.15, 0.2) is 5.69 Å². The molecule has 0 atom stereocenters. The maximum Gasteiger partial charge on any atom is 0.276 e. The molecule has 4 rings (SSSR count). The normalized spacial score (nSPS) is 14.1. The van der Waals surface area contributed by atoms with E-state index in [4.69, 9.17) is 16.3 Å². The summed E-state index contributed by atoms with van der Waals surface area (Å²) in [5.41, 5.74) is 2.58. The van der Waals surface area contributed by atoms with Crippen LogP contribution in [-0.4, -0.2) is 54.9 Å². The third-order valence-electron chi connectivity index (χ3n) is 5.79. The molecule has 0 unspecified atom stereocenters. The third kappa shape index (κ3) is 5.65. The Labute approximate surface area is 203 Å². The van der Waals surface area contributed by atoms with Gasteiger partial charge in [-0.05, 0) is 68.2 Å². The molecule has 2 heterocycles. The summed E-state index contributed by atoms with van der Waals surface area (Å²) in [5, 5.41) is 10.8. The summed E-state index contributed by atoms with van der Waals surface area (Å²) in [5.74, 6) is 6.06. The van der Waals surface area contributed by atoms with E-state index in [2.05, 4.69) is 27.4 Å². The first-order valence-corrected chi connectivity index (χ1v) is 11.6. The van der Waals surface area contributed by atoms with Crippen LogP contribution in [0.5, 0.6) is 0 Å². The molecule has 1 amide bonds.